The maximum Gasteiger partial charge on any atom is 0.119 e. The van der Waals surface area contributed by atoms with E-state index < -0.39 is 0 Å². The summed E-state index contributed by atoms with van der Waals surface area (Å²) in [4.78, 5) is 0. The first-order chi connectivity index (χ1) is 12.4. The third-order valence-electron chi connectivity index (χ3n) is 5.04. The van der Waals surface area contributed by atoms with Gasteiger partial charge in [-0.05, 0) is 42.3 Å². The molecule has 0 radical (unpaired) electrons. The van der Waals surface area contributed by atoms with E-state index in [1.54, 1.807) is 7.11 Å². The van der Waals surface area contributed by atoms with Gasteiger partial charge in [0.15, 0.2) is 0 Å². The Morgan fingerprint density at radius 1 is 1.04 bits per heavy atom. The van der Waals surface area contributed by atoms with E-state index in [9.17, 15) is 0 Å². The standard InChI is InChI=1S/C21H25N3O.2ClH/c1-25-17-8-6-16(7-9-17)23-13-10-19-18-4-2-3-5-20(18)24-15-14-22-12-11-21(19)24;;/h2-9,22-23H,10-15H2,1H3;2*1H. The van der Waals surface area contributed by atoms with Crippen LogP contribution in [0.2, 0.25) is 0 Å². The SMILES string of the molecule is COc1ccc(NCCc2c3n(c4ccccc24)CCNCC3)cc1.Cl.Cl. The Hall–Kier alpha value is -1.88. The zero-order chi connectivity index (χ0) is 17.1. The van der Waals surface area contributed by atoms with Crippen LogP contribution in [0.25, 0.3) is 10.9 Å². The van der Waals surface area contributed by atoms with E-state index in [0.717, 1.165) is 50.5 Å². The number of hydrogen-bond acceptors (Lipinski definition) is 3. The minimum absolute atomic E-state index is 0. The van der Waals surface area contributed by atoms with E-state index in [2.05, 4.69) is 51.6 Å². The summed E-state index contributed by atoms with van der Waals surface area (Å²) in [5.41, 5.74) is 5.51. The van der Waals surface area contributed by atoms with Gasteiger partial charge in [0.25, 0.3) is 0 Å². The first kappa shape index (κ1) is 21.4. The van der Waals surface area contributed by atoms with Gasteiger partial charge in [-0.15, -0.1) is 24.8 Å². The fourth-order valence-electron chi connectivity index (χ4n) is 3.81. The van der Waals surface area contributed by atoms with Gasteiger partial charge in [-0.25, -0.2) is 0 Å². The molecule has 2 aromatic carbocycles. The summed E-state index contributed by atoms with van der Waals surface area (Å²) in [5.74, 6) is 0.891. The van der Waals surface area contributed by atoms with Crippen LogP contribution in [0, 0.1) is 0 Å². The molecule has 2 heterocycles. The van der Waals surface area contributed by atoms with Crippen LogP contribution in [0.15, 0.2) is 48.5 Å². The lowest BCUT2D eigenvalue weighted by Crippen LogP contribution is -2.17. The Morgan fingerprint density at radius 3 is 2.59 bits per heavy atom. The minimum Gasteiger partial charge on any atom is -0.497 e. The van der Waals surface area contributed by atoms with Crippen molar-refractivity contribution < 1.29 is 4.74 Å². The zero-order valence-electron chi connectivity index (χ0n) is 15.5. The summed E-state index contributed by atoms with van der Waals surface area (Å²) in [6.07, 6.45) is 2.14. The molecule has 0 aliphatic carbocycles. The third kappa shape index (κ3) is 4.52. The maximum atomic E-state index is 5.22. The largest absolute Gasteiger partial charge is 0.497 e. The summed E-state index contributed by atoms with van der Waals surface area (Å²) in [6, 6.07) is 17.0. The molecule has 1 aliphatic rings. The van der Waals surface area contributed by atoms with Crippen LogP contribution in [-0.4, -0.2) is 31.3 Å². The molecular formula is C21H27Cl2N3O. The van der Waals surface area contributed by atoms with Gasteiger partial charge in [-0.1, -0.05) is 18.2 Å². The summed E-state index contributed by atoms with van der Waals surface area (Å²) >= 11 is 0. The number of nitrogens with one attached hydrogen (secondary N) is 2. The molecule has 0 atom stereocenters. The van der Waals surface area contributed by atoms with Crippen molar-refractivity contribution in [2.24, 2.45) is 0 Å². The second-order valence-electron chi connectivity index (χ2n) is 6.50. The smallest absolute Gasteiger partial charge is 0.119 e. The van der Waals surface area contributed by atoms with Crippen LogP contribution in [0.3, 0.4) is 0 Å². The molecule has 2 N–H and O–H groups in total. The fraction of sp³-hybridized carbons (Fsp3) is 0.333. The predicted octanol–water partition coefficient (Wildman–Crippen LogP) is 4.29. The molecule has 0 spiro atoms. The molecule has 0 unspecified atom stereocenters. The molecule has 27 heavy (non-hydrogen) atoms. The lowest BCUT2D eigenvalue weighted by molar-refractivity contribution is 0.415. The second-order valence-corrected chi connectivity index (χ2v) is 6.50. The van der Waals surface area contributed by atoms with Gasteiger partial charge in [0, 0.05) is 54.9 Å². The predicted molar refractivity (Wildman–Crippen MR) is 118 cm³/mol. The van der Waals surface area contributed by atoms with Gasteiger partial charge < -0.3 is 19.9 Å². The monoisotopic (exact) mass is 407 g/mol. The van der Waals surface area contributed by atoms with Crippen molar-refractivity contribution in [2.75, 3.05) is 32.1 Å². The molecule has 6 heteroatoms. The number of halogens is 2. The van der Waals surface area contributed by atoms with Crippen molar-refractivity contribution >= 4 is 41.4 Å². The van der Waals surface area contributed by atoms with Crippen molar-refractivity contribution in [2.45, 2.75) is 19.4 Å². The number of benzene rings is 2. The second kappa shape index (κ2) is 9.88. The lowest BCUT2D eigenvalue weighted by atomic mass is 10.1. The van der Waals surface area contributed by atoms with Crippen LogP contribution < -0.4 is 15.4 Å². The third-order valence-corrected chi connectivity index (χ3v) is 5.04. The number of ether oxygens (including phenoxy) is 1. The zero-order valence-corrected chi connectivity index (χ0v) is 17.2. The summed E-state index contributed by atoms with van der Waals surface area (Å²) in [6.45, 7) is 4.10. The van der Waals surface area contributed by atoms with E-state index >= 15 is 0 Å². The van der Waals surface area contributed by atoms with Crippen molar-refractivity contribution in [1.29, 1.82) is 0 Å². The molecule has 0 saturated carbocycles. The molecule has 0 bridgehead atoms. The van der Waals surface area contributed by atoms with Crippen molar-refractivity contribution in [3.05, 3.63) is 59.8 Å². The van der Waals surface area contributed by atoms with Crippen LogP contribution in [0.5, 0.6) is 5.75 Å². The molecule has 0 saturated heterocycles. The van der Waals surface area contributed by atoms with Gasteiger partial charge >= 0.3 is 0 Å². The lowest BCUT2D eigenvalue weighted by Gasteiger charge is -2.10. The average molecular weight is 408 g/mol. The first-order valence-corrected chi connectivity index (χ1v) is 9.04. The summed E-state index contributed by atoms with van der Waals surface area (Å²) in [5, 5.41) is 8.47. The number of methoxy groups -OCH3 is 1. The quantitative estimate of drug-likeness (QED) is 0.662. The van der Waals surface area contributed by atoms with Gasteiger partial charge in [-0.3, -0.25) is 0 Å². The minimum atomic E-state index is 0. The van der Waals surface area contributed by atoms with Crippen molar-refractivity contribution in [3.8, 4) is 5.75 Å². The number of anilines is 1. The fourth-order valence-corrected chi connectivity index (χ4v) is 3.81. The number of para-hydroxylation sites is 1. The Balaban J connectivity index is 0.00000131. The van der Waals surface area contributed by atoms with Crippen LogP contribution in [0.4, 0.5) is 5.69 Å². The molecule has 4 nitrogen and oxygen atoms in total. The average Bonchev–Trinajstić information content (AvgIpc) is 2.81. The molecule has 1 aliphatic heterocycles. The number of rotatable bonds is 5. The Labute approximate surface area is 173 Å². The number of nitrogens with zero attached hydrogens (tertiary/aromatic N) is 1. The van der Waals surface area contributed by atoms with Gasteiger partial charge in [0.1, 0.15) is 5.75 Å². The van der Waals surface area contributed by atoms with E-state index in [-0.39, 0.29) is 24.8 Å². The van der Waals surface area contributed by atoms with E-state index in [1.807, 2.05) is 12.1 Å². The van der Waals surface area contributed by atoms with E-state index in [4.69, 9.17) is 4.74 Å². The first-order valence-electron chi connectivity index (χ1n) is 9.04. The highest BCUT2D eigenvalue weighted by Crippen LogP contribution is 2.28. The van der Waals surface area contributed by atoms with Crippen LogP contribution in [-0.2, 0) is 19.4 Å². The van der Waals surface area contributed by atoms with Crippen LogP contribution >= 0.6 is 24.8 Å². The van der Waals surface area contributed by atoms with Gasteiger partial charge in [0.2, 0.25) is 0 Å². The normalized spacial score (nSPS) is 13.1. The molecule has 0 fully saturated rings. The topological polar surface area (TPSA) is 38.2 Å². The highest BCUT2D eigenvalue weighted by Gasteiger charge is 2.17. The Bertz CT molecular complexity index is 862. The highest BCUT2D eigenvalue weighted by molar-refractivity contribution is 5.86. The molecule has 0 amide bonds. The van der Waals surface area contributed by atoms with Crippen LogP contribution in [0.1, 0.15) is 11.3 Å². The Morgan fingerprint density at radius 2 is 1.81 bits per heavy atom. The van der Waals surface area contributed by atoms with Gasteiger partial charge in [0.05, 0.1) is 7.11 Å². The van der Waals surface area contributed by atoms with E-state index in [0.29, 0.717) is 0 Å². The highest BCUT2D eigenvalue weighted by atomic mass is 35.5. The maximum absolute atomic E-state index is 5.22. The Kier molecular flexibility index (Phi) is 7.84. The summed E-state index contributed by atoms with van der Waals surface area (Å²) in [7, 11) is 1.70. The van der Waals surface area contributed by atoms with Crippen molar-refractivity contribution in [3.63, 3.8) is 0 Å². The van der Waals surface area contributed by atoms with Gasteiger partial charge in [-0.2, -0.15) is 0 Å². The number of hydrogen-bond donors (Lipinski definition) is 2. The molecule has 1 aromatic heterocycles. The molecule has 146 valence electrons. The number of fused-ring (bicyclic) bond motifs is 3. The molecule has 4 rings (SSSR count). The molecular weight excluding hydrogens is 381 g/mol. The molecule has 3 aromatic rings. The number of aromatic nitrogens is 1. The van der Waals surface area contributed by atoms with E-state index in [1.165, 1.54) is 22.2 Å². The summed E-state index contributed by atoms with van der Waals surface area (Å²) < 4.78 is 7.73. The van der Waals surface area contributed by atoms with Crippen molar-refractivity contribution in [1.82, 2.24) is 9.88 Å².